The van der Waals surface area contributed by atoms with Gasteiger partial charge in [0.25, 0.3) is 5.91 Å². The van der Waals surface area contributed by atoms with E-state index in [0.717, 1.165) is 12.1 Å². The Bertz CT molecular complexity index is 807. The molecule has 1 aliphatic heterocycles. The Morgan fingerprint density at radius 3 is 2.71 bits per heavy atom. The summed E-state index contributed by atoms with van der Waals surface area (Å²) in [6.07, 6.45) is 0.839. The van der Waals surface area contributed by atoms with Gasteiger partial charge in [0.05, 0.1) is 12.2 Å². The Hall–Kier alpha value is -2.56. The highest BCUT2D eigenvalue weighted by atomic mass is 16.5. The van der Waals surface area contributed by atoms with Crippen molar-refractivity contribution >= 4 is 17.6 Å². The van der Waals surface area contributed by atoms with E-state index in [1.54, 1.807) is 20.8 Å². The number of ether oxygens (including phenoxy) is 1. The van der Waals surface area contributed by atoms with Gasteiger partial charge in [0.2, 0.25) is 0 Å². The van der Waals surface area contributed by atoms with Gasteiger partial charge in [0, 0.05) is 17.4 Å². The molecule has 1 N–H and O–H groups in total. The van der Waals surface area contributed by atoms with Gasteiger partial charge in [0.1, 0.15) is 5.69 Å². The molecule has 1 aromatic heterocycles. The molecule has 0 unspecified atom stereocenters. The molecule has 1 amide bonds. The normalized spacial score (nSPS) is 16.2. The van der Waals surface area contributed by atoms with Crippen LogP contribution in [0.1, 0.15) is 51.5 Å². The lowest BCUT2D eigenvalue weighted by atomic mass is 10.1. The van der Waals surface area contributed by atoms with Crippen molar-refractivity contribution in [2.24, 2.45) is 0 Å². The lowest BCUT2D eigenvalue weighted by molar-refractivity contribution is 0.0525. The second kappa shape index (κ2) is 6.15. The van der Waals surface area contributed by atoms with E-state index in [9.17, 15) is 9.59 Å². The van der Waals surface area contributed by atoms with Gasteiger partial charge in [-0.1, -0.05) is 18.2 Å². The van der Waals surface area contributed by atoms with Gasteiger partial charge in [-0.15, -0.1) is 0 Å². The number of nitrogens with one attached hydrogen (secondary N) is 1. The van der Waals surface area contributed by atoms with Crippen molar-refractivity contribution < 1.29 is 14.3 Å². The van der Waals surface area contributed by atoms with Crippen LogP contribution in [0.5, 0.6) is 0 Å². The van der Waals surface area contributed by atoms with Crippen LogP contribution in [0.3, 0.4) is 0 Å². The fourth-order valence-corrected chi connectivity index (χ4v) is 3.47. The minimum Gasteiger partial charge on any atom is -0.462 e. The molecular weight excluding hydrogens is 304 g/mol. The predicted molar refractivity (Wildman–Crippen MR) is 92.6 cm³/mol. The Morgan fingerprint density at radius 2 is 2.00 bits per heavy atom. The lowest BCUT2D eigenvalue weighted by Gasteiger charge is -2.22. The highest BCUT2D eigenvalue weighted by Gasteiger charge is 2.34. The maximum Gasteiger partial charge on any atom is 0.340 e. The van der Waals surface area contributed by atoms with Crippen molar-refractivity contribution in [1.82, 2.24) is 4.98 Å². The lowest BCUT2D eigenvalue weighted by Crippen LogP contribution is -2.36. The molecule has 1 aromatic carbocycles. The summed E-state index contributed by atoms with van der Waals surface area (Å²) in [6, 6.07) is 8.03. The second-order valence-electron chi connectivity index (χ2n) is 6.20. The molecule has 5 heteroatoms. The van der Waals surface area contributed by atoms with Crippen LogP contribution in [0.2, 0.25) is 0 Å². The number of carbonyl (C=O) groups is 2. The van der Waals surface area contributed by atoms with Gasteiger partial charge in [-0.3, -0.25) is 4.79 Å². The average molecular weight is 326 g/mol. The Balaban J connectivity index is 2.00. The van der Waals surface area contributed by atoms with E-state index < -0.39 is 5.97 Å². The first-order valence-corrected chi connectivity index (χ1v) is 8.23. The van der Waals surface area contributed by atoms with Gasteiger partial charge >= 0.3 is 5.97 Å². The van der Waals surface area contributed by atoms with E-state index in [1.807, 2.05) is 30.0 Å². The van der Waals surface area contributed by atoms with E-state index in [-0.39, 0.29) is 11.9 Å². The van der Waals surface area contributed by atoms with E-state index in [4.69, 9.17) is 4.74 Å². The summed E-state index contributed by atoms with van der Waals surface area (Å²) in [5.74, 6) is -0.499. The van der Waals surface area contributed by atoms with Crippen LogP contribution in [0.4, 0.5) is 5.69 Å². The Morgan fingerprint density at radius 1 is 1.29 bits per heavy atom. The quantitative estimate of drug-likeness (QED) is 0.879. The SMILES string of the molecule is CCOC(=O)c1c(C)[nH]c(C(=O)N2c3ccccc3C[C@H]2C)c1C. The maximum absolute atomic E-state index is 13.1. The zero-order chi connectivity index (χ0) is 17.4. The summed E-state index contributed by atoms with van der Waals surface area (Å²) in [6.45, 7) is 7.69. The third-order valence-corrected chi connectivity index (χ3v) is 4.56. The smallest absolute Gasteiger partial charge is 0.340 e. The average Bonchev–Trinajstić information content (AvgIpc) is 3.02. The number of hydrogen-bond acceptors (Lipinski definition) is 3. The van der Waals surface area contributed by atoms with Crippen LogP contribution < -0.4 is 4.90 Å². The number of benzene rings is 1. The van der Waals surface area contributed by atoms with Gasteiger partial charge in [-0.2, -0.15) is 0 Å². The molecule has 5 nitrogen and oxygen atoms in total. The van der Waals surface area contributed by atoms with Gasteiger partial charge in [-0.05, 0) is 51.3 Å². The van der Waals surface area contributed by atoms with E-state index in [0.29, 0.717) is 29.1 Å². The second-order valence-corrected chi connectivity index (χ2v) is 6.20. The number of fused-ring (bicyclic) bond motifs is 1. The molecule has 2 heterocycles. The van der Waals surface area contributed by atoms with E-state index >= 15 is 0 Å². The highest BCUT2D eigenvalue weighted by Crippen LogP contribution is 2.34. The number of hydrogen-bond donors (Lipinski definition) is 1. The van der Waals surface area contributed by atoms with Crippen molar-refractivity contribution in [3.63, 3.8) is 0 Å². The molecule has 2 aromatic rings. The summed E-state index contributed by atoms with van der Waals surface area (Å²) < 4.78 is 5.10. The Kier molecular flexibility index (Phi) is 4.18. The van der Waals surface area contributed by atoms with Crippen molar-refractivity contribution in [3.8, 4) is 0 Å². The summed E-state index contributed by atoms with van der Waals surface area (Å²) in [7, 11) is 0. The van der Waals surface area contributed by atoms with Gasteiger partial charge < -0.3 is 14.6 Å². The zero-order valence-corrected chi connectivity index (χ0v) is 14.5. The molecule has 0 saturated heterocycles. The minimum atomic E-state index is -0.391. The molecule has 1 atom stereocenters. The van der Waals surface area contributed by atoms with Crippen LogP contribution in [-0.2, 0) is 11.2 Å². The van der Waals surface area contributed by atoms with Gasteiger partial charge in [0.15, 0.2) is 0 Å². The number of amides is 1. The molecule has 0 bridgehead atoms. The van der Waals surface area contributed by atoms with Crippen molar-refractivity contribution in [2.45, 2.75) is 40.2 Å². The predicted octanol–water partition coefficient (Wildman–Crippen LogP) is 3.40. The summed E-state index contributed by atoms with van der Waals surface area (Å²) in [5, 5.41) is 0. The molecule has 0 saturated carbocycles. The topological polar surface area (TPSA) is 62.4 Å². The standard InChI is InChI=1S/C19H22N2O3/c1-5-24-19(23)16-12(3)17(20-13(16)4)18(22)21-11(2)10-14-8-6-7-9-15(14)21/h6-9,11,20H,5,10H2,1-4H3/t11-/m1/s1. The fraction of sp³-hybridized carbons (Fsp3) is 0.368. The first kappa shape index (κ1) is 16.3. The minimum absolute atomic E-state index is 0.0870. The van der Waals surface area contributed by atoms with Crippen LogP contribution >= 0.6 is 0 Å². The van der Waals surface area contributed by atoms with E-state index in [1.165, 1.54) is 5.56 Å². The maximum atomic E-state index is 13.1. The van der Waals surface area contributed by atoms with Crippen LogP contribution in [0.25, 0.3) is 0 Å². The van der Waals surface area contributed by atoms with E-state index in [2.05, 4.69) is 11.1 Å². The molecule has 3 rings (SSSR count). The monoisotopic (exact) mass is 326 g/mol. The number of aryl methyl sites for hydroxylation is 1. The largest absolute Gasteiger partial charge is 0.462 e. The fourth-order valence-electron chi connectivity index (χ4n) is 3.47. The number of rotatable bonds is 3. The summed E-state index contributed by atoms with van der Waals surface area (Å²) in [5.41, 5.74) is 4.34. The number of para-hydroxylation sites is 1. The van der Waals surface area contributed by atoms with Crippen molar-refractivity contribution in [1.29, 1.82) is 0 Å². The number of esters is 1. The third-order valence-electron chi connectivity index (χ3n) is 4.56. The Labute approximate surface area is 141 Å². The number of aromatic amines is 1. The molecule has 0 fully saturated rings. The molecule has 0 aliphatic carbocycles. The molecule has 24 heavy (non-hydrogen) atoms. The van der Waals surface area contributed by atoms with Crippen molar-refractivity contribution in [3.05, 3.63) is 52.3 Å². The number of anilines is 1. The first-order valence-electron chi connectivity index (χ1n) is 8.23. The number of H-pyrrole nitrogens is 1. The molecule has 1 aliphatic rings. The summed E-state index contributed by atoms with van der Waals surface area (Å²) >= 11 is 0. The zero-order valence-electron chi connectivity index (χ0n) is 14.5. The van der Waals surface area contributed by atoms with Crippen molar-refractivity contribution in [2.75, 3.05) is 11.5 Å². The van der Waals surface area contributed by atoms with Crippen LogP contribution in [0, 0.1) is 13.8 Å². The third kappa shape index (κ3) is 2.50. The van der Waals surface area contributed by atoms with Crippen LogP contribution in [0.15, 0.2) is 24.3 Å². The van der Waals surface area contributed by atoms with Crippen LogP contribution in [-0.4, -0.2) is 29.5 Å². The number of carbonyl (C=O) groups excluding carboxylic acids is 2. The molecule has 0 radical (unpaired) electrons. The molecule has 0 spiro atoms. The highest BCUT2D eigenvalue weighted by molar-refractivity contribution is 6.09. The number of nitrogens with zero attached hydrogens (tertiary/aromatic N) is 1. The number of aromatic nitrogens is 1. The molecule has 126 valence electrons. The summed E-state index contributed by atoms with van der Waals surface area (Å²) in [4.78, 5) is 30.2. The van der Waals surface area contributed by atoms with Gasteiger partial charge in [-0.25, -0.2) is 4.79 Å². The molecular formula is C19H22N2O3. The first-order chi connectivity index (χ1) is 11.5.